The number of halogens is 1. The average Bonchev–Trinajstić information content (AvgIpc) is 3.24. The van der Waals surface area contributed by atoms with Crippen molar-refractivity contribution in [1.29, 1.82) is 0 Å². The molecule has 2 fully saturated rings. The summed E-state index contributed by atoms with van der Waals surface area (Å²) >= 11 is 0. The molecular weight excluding hydrogens is 398 g/mol. The summed E-state index contributed by atoms with van der Waals surface area (Å²) in [7, 11) is 3.91. The van der Waals surface area contributed by atoms with E-state index in [0.29, 0.717) is 31.0 Å². The lowest BCUT2D eigenvalue weighted by Gasteiger charge is -2.26. The van der Waals surface area contributed by atoms with Crippen LogP contribution < -0.4 is 10.1 Å². The molecule has 1 amide bonds. The molecule has 5 nitrogen and oxygen atoms in total. The molecule has 0 aliphatic carbocycles. The minimum atomic E-state index is 0. The molecule has 0 saturated carbocycles. The third kappa shape index (κ3) is 4.97. The Bertz CT molecular complexity index is 832. The van der Waals surface area contributed by atoms with E-state index in [4.69, 9.17) is 4.74 Å². The summed E-state index contributed by atoms with van der Waals surface area (Å²) in [4.78, 5) is 17.3. The van der Waals surface area contributed by atoms with Crippen LogP contribution in [-0.2, 0) is 11.2 Å². The van der Waals surface area contributed by atoms with Gasteiger partial charge < -0.3 is 10.1 Å². The van der Waals surface area contributed by atoms with E-state index < -0.39 is 0 Å². The number of amides is 1. The van der Waals surface area contributed by atoms with Crippen LogP contribution in [0.2, 0.25) is 0 Å². The van der Waals surface area contributed by atoms with E-state index in [1.165, 1.54) is 5.56 Å². The van der Waals surface area contributed by atoms with Crippen LogP contribution in [0.5, 0.6) is 5.75 Å². The molecule has 1 N–H and O–H groups in total. The van der Waals surface area contributed by atoms with E-state index >= 15 is 0 Å². The fraction of sp³-hybridized carbons (Fsp3) is 0.458. The molecule has 162 valence electrons. The molecule has 2 aliphatic rings. The van der Waals surface area contributed by atoms with Crippen LogP contribution in [0.3, 0.4) is 0 Å². The second-order valence-electron chi connectivity index (χ2n) is 8.32. The normalized spacial score (nSPS) is 23.6. The highest BCUT2D eigenvalue weighted by molar-refractivity contribution is 5.85. The highest BCUT2D eigenvalue weighted by Gasteiger charge is 2.46. The summed E-state index contributed by atoms with van der Waals surface area (Å²) in [6, 6.07) is 19.2. The Morgan fingerprint density at radius 1 is 1.07 bits per heavy atom. The molecule has 0 radical (unpaired) electrons. The molecule has 30 heavy (non-hydrogen) atoms. The summed E-state index contributed by atoms with van der Waals surface area (Å²) < 4.78 is 5.38. The molecule has 0 unspecified atom stereocenters. The number of carbonyl (C=O) groups is 1. The summed E-state index contributed by atoms with van der Waals surface area (Å²) in [6.45, 7) is 4.24. The van der Waals surface area contributed by atoms with Gasteiger partial charge in [0.25, 0.3) is 0 Å². The lowest BCUT2D eigenvalue weighted by atomic mass is 9.90. The van der Waals surface area contributed by atoms with Crippen molar-refractivity contribution in [1.82, 2.24) is 15.1 Å². The maximum atomic E-state index is 12.5. The number of hydrogen-bond donors (Lipinski definition) is 1. The van der Waals surface area contributed by atoms with Gasteiger partial charge in [0.05, 0.1) is 13.7 Å². The average molecular weight is 430 g/mol. The monoisotopic (exact) mass is 429 g/mol. The number of ether oxygens (including phenoxy) is 1. The van der Waals surface area contributed by atoms with Gasteiger partial charge >= 0.3 is 0 Å². The first-order valence-corrected chi connectivity index (χ1v) is 10.5. The second-order valence-corrected chi connectivity index (χ2v) is 8.32. The van der Waals surface area contributed by atoms with Crippen LogP contribution in [0.4, 0.5) is 0 Å². The van der Waals surface area contributed by atoms with Crippen molar-refractivity contribution < 1.29 is 9.53 Å². The zero-order valence-corrected chi connectivity index (χ0v) is 18.6. The zero-order chi connectivity index (χ0) is 20.2. The largest absolute Gasteiger partial charge is 0.496 e. The number of methoxy groups -OCH3 is 1. The first-order chi connectivity index (χ1) is 14.2. The second kappa shape index (κ2) is 10.3. The van der Waals surface area contributed by atoms with E-state index in [2.05, 4.69) is 52.5 Å². The number of carbonyl (C=O) groups excluding carboxylic acids is 1. The summed E-state index contributed by atoms with van der Waals surface area (Å²) in [5.41, 5.74) is 2.52. The molecule has 4 rings (SSSR count). The molecule has 2 saturated heterocycles. The van der Waals surface area contributed by atoms with Gasteiger partial charge in [0, 0.05) is 32.2 Å². The number of nitrogens with zero attached hydrogens (tertiary/aromatic N) is 2. The van der Waals surface area contributed by atoms with Gasteiger partial charge in [0.2, 0.25) is 5.91 Å². The van der Waals surface area contributed by atoms with Crippen molar-refractivity contribution in [2.75, 3.05) is 46.9 Å². The first kappa shape index (κ1) is 22.6. The standard InChI is InChI=1S/C24H31N3O2.ClH/c1-26-14-20-15-27(16-21(20)24(26)19-9-4-3-5-10-19)17-23(28)25-13-12-18-8-6-7-11-22(18)29-2;/h3-11,20-21,24H,12-17H2,1-2H3,(H,25,28);1H/t20-,21+,24-;/m0./s1. The molecule has 0 spiro atoms. The predicted octanol–water partition coefficient (Wildman–Crippen LogP) is 3.01. The summed E-state index contributed by atoms with van der Waals surface area (Å²) in [5, 5.41) is 3.08. The number of rotatable bonds is 7. The third-order valence-corrected chi connectivity index (χ3v) is 6.39. The maximum absolute atomic E-state index is 12.5. The van der Waals surface area contributed by atoms with Crippen molar-refractivity contribution in [3.05, 3.63) is 65.7 Å². The summed E-state index contributed by atoms with van der Waals surface area (Å²) in [5.74, 6) is 2.24. The smallest absolute Gasteiger partial charge is 0.234 e. The molecule has 6 heteroatoms. The van der Waals surface area contributed by atoms with Crippen LogP contribution in [0, 0.1) is 11.8 Å². The van der Waals surface area contributed by atoms with Gasteiger partial charge in [-0.15, -0.1) is 12.4 Å². The number of fused-ring (bicyclic) bond motifs is 1. The molecule has 3 atom stereocenters. The number of nitrogens with one attached hydrogen (secondary N) is 1. The van der Waals surface area contributed by atoms with Gasteiger partial charge in [-0.05, 0) is 42.5 Å². The van der Waals surface area contributed by atoms with Gasteiger partial charge in [0.1, 0.15) is 5.75 Å². The van der Waals surface area contributed by atoms with Crippen molar-refractivity contribution in [3.8, 4) is 5.75 Å². The van der Waals surface area contributed by atoms with Crippen LogP contribution in [0.15, 0.2) is 54.6 Å². The topological polar surface area (TPSA) is 44.8 Å². The van der Waals surface area contributed by atoms with Crippen LogP contribution in [0.25, 0.3) is 0 Å². The van der Waals surface area contributed by atoms with Crippen molar-refractivity contribution in [2.24, 2.45) is 11.8 Å². The lowest BCUT2D eigenvalue weighted by molar-refractivity contribution is -0.122. The van der Waals surface area contributed by atoms with Crippen molar-refractivity contribution in [3.63, 3.8) is 0 Å². The van der Waals surface area contributed by atoms with Crippen LogP contribution in [-0.4, -0.2) is 62.6 Å². The SMILES string of the molecule is COc1ccccc1CCNC(=O)CN1C[C@@H]2CN(C)[C@@H](c3ccccc3)[C@@H]2C1.Cl. The summed E-state index contributed by atoms with van der Waals surface area (Å²) in [6.07, 6.45) is 0.780. The van der Waals surface area contributed by atoms with Gasteiger partial charge in [-0.2, -0.15) is 0 Å². The first-order valence-electron chi connectivity index (χ1n) is 10.5. The zero-order valence-electron chi connectivity index (χ0n) is 17.8. The van der Waals surface area contributed by atoms with Gasteiger partial charge in [-0.25, -0.2) is 0 Å². The quantitative estimate of drug-likeness (QED) is 0.734. The number of para-hydroxylation sites is 1. The van der Waals surface area contributed by atoms with Crippen LogP contribution >= 0.6 is 12.4 Å². The van der Waals surface area contributed by atoms with Crippen molar-refractivity contribution >= 4 is 18.3 Å². The molecule has 2 aromatic carbocycles. The van der Waals surface area contributed by atoms with Gasteiger partial charge in [-0.1, -0.05) is 48.5 Å². The highest BCUT2D eigenvalue weighted by Crippen LogP contribution is 2.43. The van der Waals surface area contributed by atoms with E-state index in [0.717, 1.165) is 37.4 Å². The Kier molecular flexibility index (Phi) is 7.75. The highest BCUT2D eigenvalue weighted by atomic mass is 35.5. The third-order valence-electron chi connectivity index (χ3n) is 6.39. The van der Waals surface area contributed by atoms with Gasteiger partial charge in [0.15, 0.2) is 0 Å². The lowest BCUT2D eigenvalue weighted by Crippen LogP contribution is -2.38. The number of hydrogen-bond acceptors (Lipinski definition) is 4. The maximum Gasteiger partial charge on any atom is 0.234 e. The van der Waals surface area contributed by atoms with E-state index in [1.54, 1.807) is 7.11 Å². The fourth-order valence-electron chi connectivity index (χ4n) is 5.14. The molecule has 2 aliphatic heterocycles. The predicted molar refractivity (Wildman–Crippen MR) is 122 cm³/mol. The van der Waals surface area contributed by atoms with E-state index in [-0.39, 0.29) is 18.3 Å². The molecule has 2 aromatic rings. The minimum Gasteiger partial charge on any atom is -0.496 e. The number of likely N-dealkylation sites (tertiary alicyclic amines) is 2. The Balaban J connectivity index is 0.00000256. The Hall–Kier alpha value is -2.08. The Labute approximate surface area is 185 Å². The van der Waals surface area contributed by atoms with Gasteiger partial charge in [-0.3, -0.25) is 14.6 Å². The molecule has 0 bridgehead atoms. The van der Waals surface area contributed by atoms with E-state index in [9.17, 15) is 4.79 Å². The molecular formula is C24H32ClN3O2. The van der Waals surface area contributed by atoms with E-state index in [1.807, 2.05) is 24.3 Å². The minimum absolute atomic E-state index is 0. The number of benzene rings is 2. The Morgan fingerprint density at radius 3 is 2.57 bits per heavy atom. The molecule has 2 heterocycles. The fourth-order valence-corrected chi connectivity index (χ4v) is 5.14. The van der Waals surface area contributed by atoms with Crippen molar-refractivity contribution in [2.45, 2.75) is 12.5 Å². The molecule has 0 aromatic heterocycles. The Morgan fingerprint density at radius 2 is 1.80 bits per heavy atom. The van der Waals surface area contributed by atoms with Crippen LogP contribution in [0.1, 0.15) is 17.2 Å².